The predicted octanol–water partition coefficient (Wildman–Crippen LogP) is 3.34. The summed E-state index contributed by atoms with van der Waals surface area (Å²) >= 11 is 0. The zero-order valence-electron chi connectivity index (χ0n) is 14.7. The van der Waals surface area contributed by atoms with Crippen LogP contribution in [-0.2, 0) is 0 Å². The molecule has 3 aromatic rings. The summed E-state index contributed by atoms with van der Waals surface area (Å²) in [5, 5.41) is 11.1. The van der Waals surface area contributed by atoms with E-state index in [-0.39, 0.29) is 17.9 Å². The summed E-state index contributed by atoms with van der Waals surface area (Å²) in [6.45, 7) is 10.0. The van der Waals surface area contributed by atoms with Gasteiger partial charge >= 0.3 is 0 Å². The van der Waals surface area contributed by atoms with Crippen molar-refractivity contribution in [3.05, 3.63) is 46.7 Å². The number of fused-ring (bicyclic) bond motifs is 1. The summed E-state index contributed by atoms with van der Waals surface area (Å²) in [5.74, 6) is 1.38. The molecular weight excluding hydrogens is 302 g/mol. The first-order valence-electron chi connectivity index (χ1n) is 8.15. The van der Waals surface area contributed by atoms with Gasteiger partial charge in [0.05, 0.1) is 6.04 Å². The smallest absolute Gasteiger partial charge is 0.268 e. The fraction of sp³-hybridized carbons (Fsp3) is 0.389. The zero-order valence-corrected chi connectivity index (χ0v) is 14.7. The molecule has 0 saturated carbocycles. The lowest BCUT2D eigenvalue weighted by Gasteiger charge is -2.18. The molecule has 24 heavy (non-hydrogen) atoms. The van der Waals surface area contributed by atoms with Gasteiger partial charge in [0.15, 0.2) is 5.82 Å². The van der Waals surface area contributed by atoms with E-state index in [4.69, 9.17) is 0 Å². The largest absolute Gasteiger partial charge is 0.351 e. The Kier molecular flexibility index (Phi) is 4.13. The van der Waals surface area contributed by atoms with Crippen LogP contribution in [0.4, 0.5) is 0 Å². The molecule has 0 aliphatic heterocycles. The van der Waals surface area contributed by atoms with Gasteiger partial charge in [-0.15, -0.1) is 0 Å². The fourth-order valence-electron chi connectivity index (χ4n) is 2.97. The highest BCUT2D eigenvalue weighted by atomic mass is 16.2. The Morgan fingerprint density at radius 3 is 2.54 bits per heavy atom. The van der Waals surface area contributed by atoms with E-state index in [0.717, 1.165) is 22.3 Å². The van der Waals surface area contributed by atoms with Crippen LogP contribution in [0, 0.1) is 26.7 Å². The van der Waals surface area contributed by atoms with E-state index >= 15 is 0 Å². The van der Waals surface area contributed by atoms with Crippen LogP contribution >= 0.6 is 0 Å². The Morgan fingerprint density at radius 1 is 1.17 bits per heavy atom. The third kappa shape index (κ3) is 3.04. The summed E-state index contributed by atoms with van der Waals surface area (Å²) in [4.78, 5) is 20.3. The lowest BCUT2D eigenvalue weighted by atomic mass is 10.0. The van der Waals surface area contributed by atoms with Crippen molar-refractivity contribution in [2.75, 3.05) is 0 Å². The number of benzene rings is 1. The number of hydrogen-bond acceptors (Lipinski definition) is 3. The molecule has 6 nitrogen and oxygen atoms in total. The number of carbonyl (C=O) groups excluding carboxylic acids is 1. The second-order valence-electron chi connectivity index (χ2n) is 6.70. The predicted molar refractivity (Wildman–Crippen MR) is 93.9 cm³/mol. The molecule has 1 aromatic carbocycles. The van der Waals surface area contributed by atoms with E-state index in [1.165, 1.54) is 5.56 Å². The summed E-state index contributed by atoms with van der Waals surface area (Å²) < 4.78 is 0. The lowest BCUT2D eigenvalue weighted by Crippen LogP contribution is -2.32. The van der Waals surface area contributed by atoms with Gasteiger partial charge in [0.25, 0.3) is 5.91 Å². The van der Waals surface area contributed by atoms with Gasteiger partial charge in [-0.25, -0.2) is 4.98 Å². The van der Waals surface area contributed by atoms with Crippen LogP contribution in [0.5, 0.6) is 0 Å². The molecule has 1 amide bonds. The van der Waals surface area contributed by atoms with Gasteiger partial charge in [-0.2, -0.15) is 5.10 Å². The first-order chi connectivity index (χ1) is 11.3. The molecule has 0 saturated heterocycles. The first kappa shape index (κ1) is 16.2. The highest BCUT2D eigenvalue weighted by Crippen LogP contribution is 2.23. The number of H-pyrrole nitrogens is 2. The molecule has 0 radical (unpaired) electrons. The fourth-order valence-corrected chi connectivity index (χ4v) is 2.97. The molecule has 3 rings (SSSR count). The third-order valence-corrected chi connectivity index (χ3v) is 4.18. The van der Waals surface area contributed by atoms with Gasteiger partial charge in [0.2, 0.25) is 0 Å². The molecule has 0 aliphatic rings. The van der Waals surface area contributed by atoms with Crippen molar-refractivity contribution in [3.63, 3.8) is 0 Å². The second-order valence-corrected chi connectivity index (χ2v) is 6.70. The molecule has 0 aliphatic carbocycles. The summed E-state index contributed by atoms with van der Waals surface area (Å²) in [7, 11) is 0. The molecule has 1 unspecified atom stereocenters. The lowest BCUT2D eigenvalue weighted by molar-refractivity contribution is 0.0919. The van der Waals surface area contributed by atoms with E-state index in [1.807, 2.05) is 33.8 Å². The summed E-state index contributed by atoms with van der Waals surface area (Å²) in [6, 6.07) is 5.83. The maximum absolute atomic E-state index is 12.7. The molecule has 3 N–H and O–H groups in total. The molecule has 126 valence electrons. The normalized spacial score (nSPS) is 12.8. The number of aromatic nitrogens is 4. The van der Waals surface area contributed by atoms with Crippen molar-refractivity contribution in [2.45, 2.75) is 40.7 Å². The minimum Gasteiger partial charge on any atom is -0.351 e. The van der Waals surface area contributed by atoms with Gasteiger partial charge in [0.1, 0.15) is 11.5 Å². The average molecular weight is 325 g/mol. The number of aryl methyl sites for hydroxylation is 3. The highest BCUT2D eigenvalue weighted by molar-refractivity contribution is 5.99. The number of amides is 1. The Morgan fingerprint density at radius 2 is 1.92 bits per heavy atom. The van der Waals surface area contributed by atoms with E-state index < -0.39 is 0 Å². The van der Waals surface area contributed by atoms with Gasteiger partial charge in [-0.05, 0) is 49.9 Å². The monoisotopic (exact) mass is 325 g/mol. The molecule has 0 fully saturated rings. The average Bonchev–Trinajstić information content (AvgIpc) is 3.10. The Labute approximate surface area is 141 Å². The first-order valence-corrected chi connectivity index (χ1v) is 8.15. The zero-order chi connectivity index (χ0) is 17.4. The van der Waals surface area contributed by atoms with E-state index in [1.54, 1.807) is 0 Å². The number of nitrogens with zero attached hydrogens (tertiary/aromatic N) is 2. The van der Waals surface area contributed by atoms with Crippen molar-refractivity contribution in [1.29, 1.82) is 0 Å². The Bertz CT molecular complexity index is 890. The van der Waals surface area contributed by atoms with Crippen molar-refractivity contribution in [3.8, 4) is 0 Å². The van der Waals surface area contributed by atoms with Crippen LogP contribution in [-0.4, -0.2) is 26.1 Å². The van der Waals surface area contributed by atoms with E-state index in [2.05, 4.69) is 44.5 Å². The van der Waals surface area contributed by atoms with Gasteiger partial charge in [-0.1, -0.05) is 19.9 Å². The SMILES string of the molecule is Cc1cc(C)c2cc(C(=O)NC(c3n[nH]c(C)n3)C(C)C)[nH]c2c1. The van der Waals surface area contributed by atoms with Crippen LogP contribution in [0.15, 0.2) is 18.2 Å². The summed E-state index contributed by atoms with van der Waals surface area (Å²) in [5.41, 5.74) is 3.86. The number of carbonyl (C=O) groups is 1. The van der Waals surface area contributed by atoms with Crippen molar-refractivity contribution in [1.82, 2.24) is 25.5 Å². The van der Waals surface area contributed by atoms with Gasteiger partial charge in [0, 0.05) is 10.9 Å². The minimum atomic E-state index is -0.239. The Balaban J connectivity index is 1.89. The highest BCUT2D eigenvalue weighted by Gasteiger charge is 2.23. The van der Waals surface area contributed by atoms with Crippen molar-refractivity contribution >= 4 is 16.8 Å². The molecule has 2 heterocycles. The third-order valence-electron chi connectivity index (χ3n) is 4.18. The molecule has 2 aromatic heterocycles. The molecular formula is C18H23N5O. The standard InChI is InChI=1S/C18H23N5O/c1-9(2)16(17-19-12(5)22-23-17)21-18(24)15-8-13-11(4)6-10(3)7-14(13)20-15/h6-9,16,20H,1-5H3,(H,21,24)(H,19,22,23). The maximum atomic E-state index is 12.7. The molecule has 6 heteroatoms. The maximum Gasteiger partial charge on any atom is 0.268 e. The minimum absolute atomic E-state index is 0.149. The van der Waals surface area contributed by atoms with Gasteiger partial charge in [-0.3, -0.25) is 9.89 Å². The van der Waals surface area contributed by atoms with Crippen LogP contribution < -0.4 is 5.32 Å². The van der Waals surface area contributed by atoms with Crippen molar-refractivity contribution in [2.24, 2.45) is 5.92 Å². The van der Waals surface area contributed by atoms with Gasteiger partial charge < -0.3 is 10.3 Å². The van der Waals surface area contributed by atoms with Crippen LogP contribution in [0.25, 0.3) is 10.9 Å². The van der Waals surface area contributed by atoms with E-state index in [0.29, 0.717) is 11.5 Å². The number of rotatable bonds is 4. The van der Waals surface area contributed by atoms with Crippen molar-refractivity contribution < 1.29 is 4.79 Å². The topological polar surface area (TPSA) is 86.5 Å². The molecule has 0 bridgehead atoms. The number of aromatic amines is 2. The number of nitrogens with one attached hydrogen (secondary N) is 3. The van der Waals surface area contributed by atoms with Crippen LogP contribution in [0.3, 0.4) is 0 Å². The quantitative estimate of drug-likeness (QED) is 0.687. The Hall–Kier alpha value is -2.63. The second kappa shape index (κ2) is 6.11. The molecule has 0 spiro atoms. The molecule has 1 atom stereocenters. The number of hydrogen-bond donors (Lipinski definition) is 3. The van der Waals surface area contributed by atoms with Crippen LogP contribution in [0.1, 0.15) is 53.2 Å². The summed E-state index contributed by atoms with van der Waals surface area (Å²) in [6.07, 6.45) is 0. The van der Waals surface area contributed by atoms with Crippen LogP contribution in [0.2, 0.25) is 0 Å². The van der Waals surface area contributed by atoms with E-state index in [9.17, 15) is 4.79 Å².